The molecule has 0 saturated heterocycles. The van der Waals surface area contributed by atoms with Crippen LogP contribution in [0.25, 0.3) is 0 Å². The number of hydrogen-bond donors (Lipinski definition) is 1. The number of ether oxygens (including phenoxy) is 1. The largest absolute Gasteiger partial charge is 0.494 e. The molecule has 0 heterocycles. The van der Waals surface area contributed by atoms with Crippen LogP contribution in [0.2, 0.25) is 0 Å². The van der Waals surface area contributed by atoms with Gasteiger partial charge in [-0.3, -0.25) is 0 Å². The van der Waals surface area contributed by atoms with E-state index in [0.717, 1.165) is 38.3 Å². The number of nitrogens with zero attached hydrogens (tertiary/aromatic N) is 1. The monoisotopic (exact) mass is 236 g/mol. The van der Waals surface area contributed by atoms with Crippen molar-refractivity contribution in [2.45, 2.75) is 19.8 Å². The van der Waals surface area contributed by atoms with E-state index < -0.39 is 0 Å². The zero-order valence-electron chi connectivity index (χ0n) is 11.2. The Hall–Kier alpha value is -1.22. The Balaban J connectivity index is 2.43. The highest BCUT2D eigenvalue weighted by Gasteiger charge is 2.00. The normalized spacial score (nSPS) is 10.3. The van der Waals surface area contributed by atoms with Crippen LogP contribution in [-0.4, -0.2) is 33.8 Å². The summed E-state index contributed by atoms with van der Waals surface area (Å²) in [5.74, 6) is 0.958. The Bertz CT molecular complexity index is 298. The lowest BCUT2D eigenvalue weighted by Gasteiger charge is -2.19. The zero-order valence-corrected chi connectivity index (χ0v) is 11.2. The summed E-state index contributed by atoms with van der Waals surface area (Å²) in [6.45, 7) is 5.03. The lowest BCUT2D eigenvalue weighted by atomic mass is 10.2. The molecule has 0 aromatic heterocycles. The van der Waals surface area contributed by atoms with Gasteiger partial charge in [-0.15, -0.1) is 0 Å². The number of rotatable bonds is 8. The second-order valence-electron chi connectivity index (χ2n) is 4.22. The van der Waals surface area contributed by atoms with E-state index >= 15 is 0 Å². The van der Waals surface area contributed by atoms with Crippen molar-refractivity contribution in [3.05, 3.63) is 24.3 Å². The third-order valence-corrected chi connectivity index (χ3v) is 2.67. The maximum Gasteiger partial charge on any atom is 0.119 e. The van der Waals surface area contributed by atoms with Crippen molar-refractivity contribution in [1.29, 1.82) is 0 Å². The Labute approximate surface area is 105 Å². The predicted molar refractivity (Wildman–Crippen MR) is 74.0 cm³/mol. The molecular formula is C14H24N2O. The highest BCUT2D eigenvalue weighted by Crippen LogP contribution is 2.18. The van der Waals surface area contributed by atoms with Crippen molar-refractivity contribution < 1.29 is 4.74 Å². The first-order chi connectivity index (χ1) is 8.27. The number of benzene rings is 1. The Kier molecular flexibility index (Phi) is 6.48. The Morgan fingerprint density at radius 3 is 2.53 bits per heavy atom. The average molecular weight is 236 g/mol. The number of hydrogen-bond acceptors (Lipinski definition) is 3. The molecule has 0 aliphatic carbocycles. The highest BCUT2D eigenvalue weighted by atomic mass is 16.5. The fourth-order valence-electron chi connectivity index (χ4n) is 1.64. The molecule has 0 amide bonds. The molecule has 0 aliphatic rings. The van der Waals surface area contributed by atoms with Crippen LogP contribution < -0.4 is 15.0 Å². The third-order valence-electron chi connectivity index (χ3n) is 2.67. The lowest BCUT2D eigenvalue weighted by molar-refractivity contribution is 0.317. The van der Waals surface area contributed by atoms with Gasteiger partial charge in [0, 0.05) is 19.3 Å². The standard InChI is InChI=1S/C14H24N2O/c1-4-12-17-14-8-6-13(7-9-14)16(3)11-5-10-15-2/h6-9,15H,4-5,10-12H2,1-3H3. The molecular weight excluding hydrogens is 212 g/mol. The lowest BCUT2D eigenvalue weighted by Crippen LogP contribution is -2.22. The maximum absolute atomic E-state index is 5.56. The molecule has 1 aromatic carbocycles. The predicted octanol–water partition coefficient (Wildman–Crippen LogP) is 2.52. The Morgan fingerprint density at radius 1 is 1.24 bits per heavy atom. The van der Waals surface area contributed by atoms with Crippen molar-refractivity contribution in [1.82, 2.24) is 5.32 Å². The van der Waals surface area contributed by atoms with Gasteiger partial charge in [-0.1, -0.05) is 6.92 Å². The van der Waals surface area contributed by atoms with E-state index in [1.54, 1.807) is 0 Å². The van der Waals surface area contributed by atoms with Gasteiger partial charge >= 0.3 is 0 Å². The molecule has 96 valence electrons. The van der Waals surface area contributed by atoms with Crippen LogP contribution in [0.15, 0.2) is 24.3 Å². The molecule has 3 heteroatoms. The third kappa shape index (κ3) is 5.09. The van der Waals surface area contributed by atoms with E-state index in [1.807, 2.05) is 19.2 Å². The average Bonchev–Trinajstić information content (AvgIpc) is 2.37. The maximum atomic E-state index is 5.56. The first kappa shape index (κ1) is 13.8. The summed E-state index contributed by atoms with van der Waals surface area (Å²) in [6, 6.07) is 8.31. The van der Waals surface area contributed by atoms with Gasteiger partial charge in [-0.25, -0.2) is 0 Å². The molecule has 0 spiro atoms. The summed E-state index contributed by atoms with van der Waals surface area (Å²) in [4.78, 5) is 2.26. The molecule has 1 rings (SSSR count). The Morgan fingerprint density at radius 2 is 1.94 bits per heavy atom. The van der Waals surface area contributed by atoms with E-state index in [0.29, 0.717) is 0 Å². The van der Waals surface area contributed by atoms with Crippen LogP contribution in [0, 0.1) is 0 Å². The second-order valence-corrected chi connectivity index (χ2v) is 4.22. The molecule has 17 heavy (non-hydrogen) atoms. The molecule has 0 bridgehead atoms. The first-order valence-corrected chi connectivity index (χ1v) is 6.36. The minimum Gasteiger partial charge on any atom is -0.494 e. The van der Waals surface area contributed by atoms with Crippen molar-refractivity contribution >= 4 is 5.69 Å². The van der Waals surface area contributed by atoms with E-state index in [-0.39, 0.29) is 0 Å². The van der Waals surface area contributed by atoms with Crippen LogP contribution in [0.1, 0.15) is 19.8 Å². The van der Waals surface area contributed by atoms with Crippen LogP contribution >= 0.6 is 0 Å². The minimum absolute atomic E-state index is 0.789. The van der Waals surface area contributed by atoms with Crippen LogP contribution in [0.5, 0.6) is 5.75 Å². The van der Waals surface area contributed by atoms with Crippen molar-refractivity contribution in [3.63, 3.8) is 0 Å². The van der Waals surface area contributed by atoms with E-state index in [9.17, 15) is 0 Å². The van der Waals surface area contributed by atoms with Crippen LogP contribution in [0.3, 0.4) is 0 Å². The molecule has 0 fully saturated rings. The van der Waals surface area contributed by atoms with Gasteiger partial charge in [-0.2, -0.15) is 0 Å². The number of anilines is 1. The van der Waals surface area contributed by atoms with Gasteiger partial charge in [0.15, 0.2) is 0 Å². The summed E-state index contributed by atoms with van der Waals surface area (Å²) in [7, 11) is 4.11. The zero-order chi connectivity index (χ0) is 12.5. The molecule has 3 nitrogen and oxygen atoms in total. The van der Waals surface area contributed by atoms with E-state index in [1.165, 1.54) is 5.69 Å². The van der Waals surface area contributed by atoms with Crippen molar-refractivity contribution in [3.8, 4) is 5.75 Å². The summed E-state index contributed by atoms with van der Waals surface area (Å²) < 4.78 is 5.56. The van der Waals surface area contributed by atoms with Gasteiger partial charge < -0.3 is 15.0 Å². The summed E-state index contributed by atoms with van der Waals surface area (Å²) in [5.41, 5.74) is 1.24. The van der Waals surface area contributed by atoms with Gasteiger partial charge in [0.1, 0.15) is 5.75 Å². The molecule has 0 atom stereocenters. The SMILES string of the molecule is CCCOc1ccc(N(C)CCCNC)cc1. The van der Waals surface area contributed by atoms with Crippen LogP contribution in [0.4, 0.5) is 5.69 Å². The minimum atomic E-state index is 0.789. The van der Waals surface area contributed by atoms with Gasteiger partial charge in [0.2, 0.25) is 0 Å². The molecule has 0 saturated carbocycles. The van der Waals surface area contributed by atoms with E-state index in [4.69, 9.17) is 4.74 Å². The summed E-state index contributed by atoms with van der Waals surface area (Å²) in [6.07, 6.45) is 2.20. The summed E-state index contributed by atoms with van der Waals surface area (Å²) >= 11 is 0. The molecule has 0 aliphatic heterocycles. The number of nitrogens with one attached hydrogen (secondary N) is 1. The molecule has 0 unspecified atom stereocenters. The fourth-order valence-corrected chi connectivity index (χ4v) is 1.64. The quantitative estimate of drug-likeness (QED) is 0.702. The van der Waals surface area contributed by atoms with E-state index in [2.05, 4.69) is 36.3 Å². The van der Waals surface area contributed by atoms with Gasteiger partial charge in [-0.05, 0) is 50.7 Å². The van der Waals surface area contributed by atoms with Crippen molar-refractivity contribution in [2.75, 3.05) is 38.7 Å². The summed E-state index contributed by atoms with van der Waals surface area (Å²) in [5, 5.41) is 3.16. The molecule has 1 aromatic rings. The van der Waals surface area contributed by atoms with Crippen molar-refractivity contribution in [2.24, 2.45) is 0 Å². The fraction of sp³-hybridized carbons (Fsp3) is 0.571. The molecule has 0 radical (unpaired) electrons. The first-order valence-electron chi connectivity index (χ1n) is 6.36. The van der Waals surface area contributed by atoms with Gasteiger partial charge in [0.25, 0.3) is 0 Å². The smallest absolute Gasteiger partial charge is 0.119 e. The van der Waals surface area contributed by atoms with Crippen LogP contribution in [-0.2, 0) is 0 Å². The second kappa shape index (κ2) is 7.96. The highest BCUT2D eigenvalue weighted by molar-refractivity contribution is 5.48. The molecule has 1 N–H and O–H groups in total. The van der Waals surface area contributed by atoms with Gasteiger partial charge in [0.05, 0.1) is 6.61 Å². The topological polar surface area (TPSA) is 24.5 Å².